The number of halogens is 3. The van der Waals surface area contributed by atoms with Crippen molar-refractivity contribution in [2.45, 2.75) is 0 Å². The maximum absolute atomic E-state index is 4.34. The summed E-state index contributed by atoms with van der Waals surface area (Å²) in [6, 6.07) is 24.8. The standard InChI is InChI=1S/C8H5BrS2.C8H6S2.C4H3BrS.C4H3S.BHNS.BrH.Mg/c9-8-4-3-7(11-8)6-2-1-5-10-6;1-3-7(9-5-1)8-4-2-6-10-8;5-4-2-1-3-6-4;1-2-4-5-3-1;1-2-3;;/h1-5H;1-6H;1-3H;1-3H;3H;1H;/q;;;-1;;;+2/p-1. The van der Waals surface area contributed by atoms with E-state index in [0.29, 0.717) is 0 Å². The van der Waals surface area contributed by atoms with Gasteiger partial charge in [-0.2, -0.15) is 11.4 Å². The van der Waals surface area contributed by atoms with Gasteiger partial charge in [0.25, 0.3) is 0 Å². The minimum Gasteiger partial charge on any atom is -1.00 e. The normalized spacial score (nSPS) is 8.59. The van der Waals surface area contributed by atoms with Crippen LogP contribution in [-0.2, 0) is 0 Å². The van der Waals surface area contributed by atoms with E-state index in [1.807, 2.05) is 35.0 Å². The van der Waals surface area contributed by atoms with Gasteiger partial charge in [0.15, 0.2) is 0 Å². The molecule has 0 saturated heterocycles. The summed E-state index contributed by atoms with van der Waals surface area (Å²) in [5.41, 5.74) is 0. The number of rotatable bonds is 2. The first-order chi connectivity index (χ1) is 17.1. The Kier molecular flexibility index (Phi) is 24.8. The molecule has 0 fully saturated rings. The molecule has 37 heavy (non-hydrogen) atoms. The maximum Gasteiger partial charge on any atom is 2.00 e. The molecule has 0 unspecified atom stereocenters. The van der Waals surface area contributed by atoms with Crippen molar-refractivity contribution in [2.75, 3.05) is 0 Å². The average molecular weight is 820 g/mol. The average Bonchev–Trinajstić information content (AvgIpc) is 3.71. The summed E-state index contributed by atoms with van der Waals surface area (Å²) in [6.07, 6.45) is 0. The fourth-order valence-corrected chi connectivity index (χ4v) is 7.27. The van der Waals surface area contributed by atoms with Gasteiger partial charge in [-0.1, -0.05) is 24.3 Å². The largest absolute Gasteiger partial charge is 2.00 e. The van der Waals surface area contributed by atoms with E-state index in [0.717, 1.165) is 0 Å². The van der Waals surface area contributed by atoms with Crippen LogP contribution in [-0.4, -0.2) is 30.7 Å². The summed E-state index contributed by atoms with van der Waals surface area (Å²) in [6.45, 7) is 0. The maximum atomic E-state index is 4.34. The van der Waals surface area contributed by atoms with Gasteiger partial charge < -0.3 is 28.3 Å². The number of thiol groups is 1. The molecular formula is C24H18BBr3MgNS7. The molecule has 0 amide bonds. The molecule has 187 valence electrons. The first-order valence-electron chi connectivity index (χ1n) is 9.63. The van der Waals surface area contributed by atoms with Crippen molar-refractivity contribution in [1.29, 1.82) is 0 Å². The summed E-state index contributed by atoms with van der Waals surface area (Å²) in [5.74, 6) is 0. The third-order valence-electron chi connectivity index (χ3n) is 3.49. The molecule has 0 aliphatic heterocycles. The third kappa shape index (κ3) is 17.1. The van der Waals surface area contributed by atoms with Crippen molar-refractivity contribution in [3.05, 3.63) is 113 Å². The van der Waals surface area contributed by atoms with Crippen LogP contribution in [0, 0.1) is 5.38 Å². The molecule has 0 aliphatic carbocycles. The monoisotopic (exact) mass is 816 g/mol. The molecule has 0 aliphatic rings. The fourth-order valence-electron chi connectivity index (χ4n) is 2.16. The van der Waals surface area contributed by atoms with Crippen molar-refractivity contribution in [3.8, 4) is 19.5 Å². The van der Waals surface area contributed by atoms with Crippen molar-refractivity contribution in [2.24, 2.45) is 4.30 Å². The Morgan fingerprint density at radius 2 is 1.14 bits per heavy atom. The Morgan fingerprint density at radius 3 is 1.38 bits per heavy atom. The molecule has 1 radical (unpaired) electrons. The zero-order valence-corrected chi connectivity index (χ0v) is 31.0. The number of nitrogens with zero attached hydrogens (tertiary/aromatic N) is 1. The SMILES string of the molecule is Brc1ccc(-c2cccs2)s1.Brc1cccs1.[B]=NS.[Br-].[Mg+2].[c-]1cccs1.c1csc(-c2cccs2)c1. The van der Waals surface area contributed by atoms with Crippen LogP contribution < -0.4 is 17.0 Å². The fraction of sp³-hybridized carbons (Fsp3) is 0. The van der Waals surface area contributed by atoms with Gasteiger partial charge in [-0.25, -0.2) is 6.07 Å². The molecule has 0 spiro atoms. The molecular weight excluding hydrogens is 802 g/mol. The number of hydrogen-bond donors (Lipinski definition) is 1. The van der Waals surface area contributed by atoms with Crippen LogP contribution in [0.2, 0.25) is 0 Å². The Labute approximate surface area is 292 Å². The molecule has 0 bridgehead atoms. The van der Waals surface area contributed by atoms with Crippen LogP contribution in [0.4, 0.5) is 0 Å². The van der Waals surface area contributed by atoms with Crippen LogP contribution in [0.5, 0.6) is 0 Å². The van der Waals surface area contributed by atoms with Gasteiger partial charge in [0.05, 0.1) is 7.57 Å². The van der Waals surface area contributed by atoms with Crippen LogP contribution in [0.3, 0.4) is 0 Å². The van der Waals surface area contributed by atoms with E-state index in [-0.39, 0.29) is 40.0 Å². The van der Waals surface area contributed by atoms with E-state index in [9.17, 15) is 0 Å². The number of hydrogen-bond acceptors (Lipinski definition) is 8. The smallest absolute Gasteiger partial charge is 1.00 e. The van der Waals surface area contributed by atoms with Gasteiger partial charge in [0.2, 0.25) is 0 Å². The molecule has 0 aromatic carbocycles. The minimum absolute atomic E-state index is 0. The second-order valence-corrected chi connectivity index (χ2v) is 14.4. The molecule has 6 aromatic heterocycles. The predicted molar refractivity (Wildman–Crippen MR) is 181 cm³/mol. The second kappa shape index (κ2) is 24.4. The Balaban J connectivity index is 0.000000460. The zero-order chi connectivity index (χ0) is 25.1. The predicted octanol–water partition coefficient (Wildman–Crippen LogP) is 8.58. The molecule has 6 aromatic rings. The van der Waals surface area contributed by atoms with Crippen LogP contribution >= 0.6 is 113 Å². The second-order valence-electron chi connectivity index (χ2n) is 5.80. The zero-order valence-electron chi connectivity index (χ0n) is 19.1. The molecule has 0 atom stereocenters. The van der Waals surface area contributed by atoms with Gasteiger partial charge in [0.1, 0.15) is 0 Å². The van der Waals surface area contributed by atoms with Crippen LogP contribution in [0.1, 0.15) is 0 Å². The van der Waals surface area contributed by atoms with Crippen LogP contribution in [0.25, 0.3) is 19.5 Å². The van der Waals surface area contributed by atoms with Gasteiger partial charge >= 0.3 is 47.8 Å². The van der Waals surface area contributed by atoms with Crippen molar-refractivity contribution >= 4 is 143 Å². The van der Waals surface area contributed by atoms with Gasteiger partial charge in [-0.05, 0) is 89.8 Å². The van der Waals surface area contributed by atoms with Gasteiger partial charge in [-0.15, -0.1) is 62.1 Å². The summed E-state index contributed by atoms with van der Waals surface area (Å²) >= 11 is 20.3. The van der Waals surface area contributed by atoms with E-state index in [1.165, 1.54) is 27.1 Å². The van der Waals surface area contributed by atoms with Crippen LogP contribution in [0.15, 0.2) is 112 Å². The Hall–Kier alpha value is 0.621. The van der Waals surface area contributed by atoms with Crippen molar-refractivity contribution in [3.63, 3.8) is 0 Å². The first kappa shape index (κ1) is 37.6. The third-order valence-corrected chi connectivity index (χ3v) is 10.2. The van der Waals surface area contributed by atoms with Crippen molar-refractivity contribution in [1.82, 2.24) is 0 Å². The Bertz CT molecular complexity index is 1190. The summed E-state index contributed by atoms with van der Waals surface area (Å²) < 4.78 is 5.09. The quantitative estimate of drug-likeness (QED) is 0.102. The number of thiophene rings is 6. The van der Waals surface area contributed by atoms with E-state index in [1.54, 1.807) is 68.0 Å². The van der Waals surface area contributed by atoms with E-state index in [2.05, 4.69) is 127 Å². The topological polar surface area (TPSA) is 12.4 Å². The summed E-state index contributed by atoms with van der Waals surface area (Å²) in [7, 11) is 4.34. The van der Waals surface area contributed by atoms with E-state index < -0.39 is 0 Å². The molecule has 13 heteroatoms. The summed E-state index contributed by atoms with van der Waals surface area (Å²) in [4.78, 5) is 5.43. The molecule has 0 saturated carbocycles. The molecule has 6 heterocycles. The van der Waals surface area contributed by atoms with Gasteiger partial charge in [0, 0.05) is 19.5 Å². The van der Waals surface area contributed by atoms with Crippen molar-refractivity contribution < 1.29 is 17.0 Å². The summed E-state index contributed by atoms with van der Waals surface area (Å²) in [5, 5.41) is 13.2. The minimum atomic E-state index is 0. The van der Waals surface area contributed by atoms with E-state index in [4.69, 9.17) is 0 Å². The molecule has 1 nitrogen and oxygen atoms in total. The van der Waals surface area contributed by atoms with Gasteiger partial charge in [-0.3, -0.25) is 0 Å². The first-order valence-corrected chi connectivity index (χ1v) is 16.8. The molecule has 0 N–H and O–H groups in total. The van der Waals surface area contributed by atoms with E-state index >= 15 is 0 Å². The Morgan fingerprint density at radius 1 is 0.649 bits per heavy atom. The molecule has 6 rings (SSSR count).